The van der Waals surface area contributed by atoms with Crippen molar-refractivity contribution in [2.24, 2.45) is 5.73 Å². The summed E-state index contributed by atoms with van der Waals surface area (Å²) in [5.74, 6) is -0.586. The second-order valence-electron chi connectivity index (χ2n) is 4.83. The number of ether oxygens (including phenoxy) is 1. The van der Waals surface area contributed by atoms with Gasteiger partial charge >= 0.3 is 5.97 Å². The monoisotopic (exact) mass is 355 g/mol. The molecule has 0 saturated heterocycles. The number of carbonyl (C=O) groups is 2. The Bertz CT molecular complexity index is 357. The normalized spacial score (nSPS) is 16.6. The number of aliphatic hydroxyl groups is 4. The lowest BCUT2D eigenvalue weighted by Crippen LogP contribution is -2.50. The number of carboxylic acids is 1. The quantitative estimate of drug-likeness (QED) is 0.184. The predicted molar refractivity (Wildman–Crippen MR) is 83.1 cm³/mol. The van der Waals surface area contributed by atoms with Gasteiger partial charge in [-0.1, -0.05) is 0 Å². The van der Waals surface area contributed by atoms with Gasteiger partial charge < -0.3 is 36.0 Å². The summed E-state index contributed by atoms with van der Waals surface area (Å²) in [5.41, 5.74) is 5.33. The van der Waals surface area contributed by atoms with Crippen LogP contribution in [-0.2, 0) is 14.3 Å². The van der Waals surface area contributed by atoms with E-state index in [1.165, 1.54) is 0 Å². The molecule has 4 atom stereocenters. The number of carbonyl (C=O) groups excluding carboxylic acids is 1. The average molecular weight is 355 g/mol. The maximum absolute atomic E-state index is 11.9. The van der Waals surface area contributed by atoms with Crippen LogP contribution in [0.15, 0.2) is 0 Å². The molecule has 23 heavy (non-hydrogen) atoms. The smallest absolute Gasteiger partial charge is 0.329 e. The second kappa shape index (κ2) is 12.6. The van der Waals surface area contributed by atoms with Crippen LogP contribution in [0, 0.1) is 0 Å². The fourth-order valence-corrected chi connectivity index (χ4v) is 2.46. The number of Topliss-reactive ketones (excluding diaryl/α,β-unsaturated/α-hetero) is 1. The van der Waals surface area contributed by atoms with Gasteiger partial charge in [-0.05, 0) is 12.2 Å². The number of aliphatic carboxylic acids is 1. The van der Waals surface area contributed by atoms with Gasteiger partial charge in [0.05, 0.1) is 6.61 Å². The van der Waals surface area contributed by atoms with E-state index < -0.39 is 49.4 Å². The summed E-state index contributed by atoms with van der Waals surface area (Å²) in [4.78, 5) is 22.4. The highest BCUT2D eigenvalue weighted by atomic mass is 32.2. The molecular formula is C13H25NO8S. The van der Waals surface area contributed by atoms with Gasteiger partial charge in [-0.15, -0.1) is 0 Å². The van der Waals surface area contributed by atoms with E-state index >= 15 is 0 Å². The molecule has 10 heteroatoms. The molecule has 0 aromatic carbocycles. The standard InChI is InChI=1S/C13H25NO8S/c14-3-5-23-4-1-2-8(16)11(20)13(22-7-10(18)19)12(21)9(17)6-15/h9,11-13,15,17,20-21H,1-7,14H2,(H,18,19)/t9-,11+,12+,13-/m1/s1. The van der Waals surface area contributed by atoms with E-state index in [9.17, 15) is 24.9 Å². The molecule has 0 fully saturated rings. The molecule has 0 saturated carbocycles. The number of ketones is 1. The first-order valence-corrected chi connectivity index (χ1v) is 8.29. The summed E-state index contributed by atoms with van der Waals surface area (Å²) in [6, 6.07) is 0. The van der Waals surface area contributed by atoms with Gasteiger partial charge in [0.25, 0.3) is 0 Å². The fraction of sp³-hybridized carbons (Fsp3) is 0.846. The molecule has 0 unspecified atom stereocenters. The zero-order valence-electron chi connectivity index (χ0n) is 12.7. The van der Waals surface area contributed by atoms with Crippen LogP contribution in [0.5, 0.6) is 0 Å². The van der Waals surface area contributed by atoms with Gasteiger partial charge in [-0.3, -0.25) is 4.79 Å². The molecule has 0 spiro atoms. The van der Waals surface area contributed by atoms with E-state index in [4.69, 9.17) is 20.7 Å². The van der Waals surface area contributed by atoms with Crippen LogP contribution in [0.1, 0.15) is 12.8 Å². The average Bonchev–Trinajstić information content (AvgIpc) is 2.52. The lowest BCUT2D eigenvalue weighted by Gasteiger charge is -2.28. The fourth-order valence-electron chi connectivity index (χ4n) is 1.74. The highest BCUT2D eigenvalue weighted by molar-refractivity contribution is 7.99. The molecule has 0 aliphatic rings. The summed E-state index contributed by atoms with van der Waals surface area (Å²) in [6.45, 7) is -1.17. The number of hydrogen-bond donors (Lipinski definition) is 6. The van der Waals surface area contributed by atoms with E-state index in [0.29, 0.717) is 18.7 Å². The van der Waals surface area contributed by atoms with Crippen molar-refractivity contribution in [2.45, 2.75) is 37.3 Å². The van der Waals surface area contributed by atoms with Crippen LogP contribution in [0.2, 0.25) is 0 Å². The van der Waals surface area contributed by atoms with Gasteiger partial charge in [0.15, 0.2) is 5.78 Å². The van der Waals surface area contributed by atoms with E-state index in [2.05, 4.69) is 0 Å². The van der Waals surface area contributed by atoms with Crippen LogP contribution < -0.4 is 5.73 Å². The van der Waals surface area contributed by atoms with E-state index in [1.54, 1.807) is 11.8 Å². The molecule has 0 bridgehead atoms. The number of carboxylic acid groups (broad SMARTS) is 1. The Kier molecular flexibility index (Phi) is 12.2. The Morgan fingerprint density at radius 3 is 2.35 bits per heavy atom. The van der Waals surface area contributed by atoms with Gasteiger partial charge in [-0.25, -0.2) is 4.79 Å². The molecule has 9 nitrogen and oxygen atoms in total. The molecule has 0 heterocycles. The Hall–Kier alpha value is -0.750. The number of thioether (sulfide) groups is 1. The third-order valence-electron chi connectivity index (χ3n) is 2.93. The highest BCUT2D eigenvalue weighted by Gasteiger charge is 2.36. The van der Waals surface area contributed by atoms with Crippen LogP contribution in [0.4, 0.5) is 0 Å². The van der Waals surface area contributed by atoms with Crippen molar-refractivity contribution in [1.82, 2.24) is 0 Å². The molecule has 136 valence electrons. The largest absolute Gasteiger partial charge is 0.480 e. The van der Waals surface area contributed by atoms with Crippen molar-refractivity contribution in [2.75, 3.05) is 31.3 Å². The number of aliphatic hydroxyl groups excluding tert-OH is 4. The summed E-state index contributed by atoms with van der Waals surface area (Å²) in [5, 5.41) is 46.6. The lowest BCUT2D eigenvalue weighted by molar-refractivity contribution is -0.169. The Labute approximate surface area is 138 Å². The first-order chi connectivity index (χ1) is 10.8. The van der Waals surface area contributed by atoms with Crippen molar-refractivity contribution in [1.29, 1.82) is 0 Å². The lowest BCUT2D eigenvalue weighted by atomic mass is 9.98. The minimum atomic E-state index is -1.80. The Morgan fingerprint density at radius 2 is 1.83 bits per heavy atom. The summed E-state index contributed by atoms with van der Waals surface area (Å²) in [6.07, 6.45) is -6.43. The molecule has 7 N–H and O–H groups in total. The van der Waals surface area contributed by atoms with Crippen molar-refractivity contribution >= 4 is 23.5 Å². The molecule has 0 amide bonds. The van der Waals surface area contributed by atoms with Crippen LogP contribution in [-0.4, -0.2) is 93.0 Å². The summed E-state index contributed by atoms with van der Waals surface area (Å²) < 4.78 is 4.80. The predicted octanol–water partition coefficient (Wildman–Crippen LogP) is -2.43. The zero-order chi connectivity index (χ0) is 17.8. The van der Waals surface area contributed by atoms with Gasteiger partial charge in [0.2, 0.25) is 0 Å². The minimum Gasteiger partial charge on any atom is -0.480 e. The van der Waals surface area contributed by atoms with Crippen LogP contribution >= 0.6 is 11.8 Å². The molecule has 0 aliphatic carbocycles. The maximum atomic E-state index is 11.9. The molecule has 0 rings (SSSR count). The van der Waals surface area contributed by atoms with Crippen molar-refractivity contribution in [3.8, 4) is 0 Å². The molecular weight excluding hydrogens is 330 g/mol. The third-order valence-corrected chi connectivity index (χ3v) is 4.03. The van der Waals surface area contributed by atoms with Crippen LogP contribution in [0.25, 0.3) is 0 Å². The molecule has 0 radical (unpaired) electrons. The van der Waals surface area contributed by atoms with Gasteiger partial charge in [-0.2, -0.15) is 11.8 Å². The molecule has 0 aromatic rings. The number of rotatable bonds is 14. The zero-order valence-corrected chi connectivity index (χ0v) is 13.5. The Balaban J connectivity index is 4.60. The Morgan fingerprint density at radius 1 is 1.17 bits per heavy atom. The molecule has 0 aromatic heterocycles. The van der Waals surface area contributed by atoms with E-state index in [1.807, 2.05) is 0 Å². The minimum absolute atomic E-state index is 0.00755. The number of nitrogens with two attached hydrogens (primary N) is 1. The third kappa shape index (κ3) is 9.20. The van der Waals surface area contributed by atoms with E-state index in [0.717, 1.165) is 5.75 Å². The summed E-state index contributed by atoms with van der Waals surface area (Å²) in [7, 11) is 0. The van der Waals surface area contributed by atoms with Crippen molar-refractivity contribution < 1.29 is 39.9 Å². The van der Waals surface area contributed by atoms with E-state index in [-0.39, 0.29) is 6.42 Å². The number of hydrogen-bond acceptors (Lipinski definition) is 9. The van der Waals surface area contributed by atoms with Crippen molar-refractivity contribution in [3.05, 3.63) is 0 Å². The van der Waals surface area contributed by atoms with Crippen LogP contribution in [0.3, 0.4) is 0 Å². The van der Waals surface area contributed by atoms with Gasteiger partial charge in [0, 0.05) is 18.7 Å². The maximum Gasteiger partial charge on any atom is 0.329 e. The van der Waals surface area contributed by atoms with Gasteiger partial charge in [0.1, 0.15) is 31.0 Å². The van der Waals surface area contributed by atoms with Crippen molar-refractivity contribution in [3.63, 3.8) is 0 Å². The first kappa shape index (κ1) is 22.2. The second-order valence-corrected chi connectivity index (χ2v) is 6.05. The molecule has 0 aliphatic heterocycles. The summed E-state index contributed by atoms with van der Waals surface area (Å²) >= 11 is 1.55. The highest BCUT2D eigenvalue weighted by Crippen LogP contribution is 2.14. The SMILES string of the molecule is NCCSCCCC(=O)[C@H](O)[C@@H](OCC(=O)O)[C@@H](O)[C@H](O)CO. The topological polar surface area (TPSA) is 171 Å². The first-order valence-electron chi connectivity index (χ1n) is 7.14.